The molecule has 0 aliphatic carbocycles. The first-order valence-electron chi connectivity index (χ1n) is 7.91. The fourth-order valence-electron chi connectivity index (χ4n) is 2.48. The number of alkyl halides is 1. The maximum Gasteiger partial charge on any atom is 0.481 e. The number of ether oxygens (including phenoxy) is 2. The average molecular weight is 495 g/mol. The number of Topliss-reactive ketones (excluding diaryl/α,β-unsaturated/α-hetero) is 1. The van der Waals surface area contributed by atoms with Crippen molar-refractivity contribution in [3.05, 3.63) is 33.1 Å². The summed E-state index contributed by atoms with van der Waals surface area (Å²) in [6, 6.07) is 0.935. The van der Waals surface area contributed by atoms with Crippen molar-refractivity contribution in [2.24, 2.45) is 0 Å². The first kappa shape index (κ1) is 25.0. The third-order valence-corrected chi connectivity index (χ3v) is 6.08. The minimum Gasteiger partial charge on any atom is -0.386 e. The van der Waals surface area contributed by atoms with Crippen molar-refractivity contribution >= 4 is 33.0 Å². The topological polar surface area (TPSA) is 224 Å². The molecule has 2 rings (SSSR count). The summed E-state index contributed by atoms with van der Waals surface area (Å²) in [7, 11) is -10.9. The minimum absolute atomic E-state index is 0.356. The summed E-state index contributed by atoms with van der Waals surface area (Å²) in [5, 5.41) is 10.5. The van der Waals surface area contributed by atoms with E-state index in [0.29, 0.717) is 0 Å². The summed E-state index contributed by atoms with van der Waals surface area (Å²) in [6.07, 6.45) is -5.68. The van der Waals surface area contributed by atoms with E-state index in [2.05, 4.69) is 8.83 Å². The van der Waals surface area contributed by atoms with Crippen LogP contribution >= 0.6 is 27.2 Å². The van der Waals surface area contributed by atoms with Crippen LogP contribution in [-0.4, -0.2) is 72.5 Å². The van der Waals surface area contributed by atoms with Crippen LogP contribution in [0.2, 0.25) is 0 Å². The predicted molar refractivity (Wildman–Crippen MR) is 95.6 cm³/mol. The fourth-order valence-corrected chi connectivity index (χ4v) is 4.35. The third-order valence-electron chi connectivity index (χ3n) is 3.59. The van der Waals surface area contributed by atoms with Gasteiger partial charge in [-0.2, -0.15) is 4.31 Å². The van der Waals surface area contributed by atoms with Gasteiger partial charge in [-0.3, -0.25) is 23.7 Å². The number of nitrogens with one attached hydrogen (secondary N) is 1. The molecule has 0 amide bonds. The number of hydrogen-bond acceptors (Lipinski definition) is 10. The summed E-state index contributed by atoms with van der Waals surface area (Å²) in [5.74, 6) is -0.871. The largest absolute Gasteiger partial charge is 0.481 e. The maximum atomic E-state index is 12.0. The minimum atomic E-state index is -5.45. The van der Waals surface area contributed by atoms with Gasteiger partial charge in [0, 0.05) is 12.3 Å². The zero-order valence-electron chi connectivity index (χ0n) is 14.8. The summed E-state index contributed by atoms with van der Waals surface area (Å²) >= 11 is 5.33. The third kappa shape index (κ3) is 6.90. The molecule has 1 aromatic heterocycles. The molecule has 0 radical (unpaired) electrons. The zero-order chi connectivity index (χ0) is 22.7. The number of aromatic nitrogens is 2. The van der Waals surface area contributed by atoms with Crippen molar-refractivity contribution in [3.63, 3.8) is 0 Å². The Morgan fingerprint density at radius 2 is 1.97 bits per heavy atom. The maximum absolute atomic E-state index is 12.0. The van der Waals surface area contributed by atoms with Gasteiger partial charge in [-0.25, -0.2) is 13.9 Å². The Morgan fingerprint density at radius 1 is 1.30 bits per heavy atom. The molecular formula is C12H17ClN2O13P2. The summed E-state index contributed by atoms with van der Waals surface area (Å²) in [5.41, 5.74) is -1.74. The van der Waals surface area contributed by atoms with E-state index in [1.807, 2.05) is 4.98 Å². The van der Waals surface area contributed by atoms with Crippen LogP contribution in [0.4, 0.5) is 0 Å². The number of rotatable bonds is 10. The van der Waals surface area contributed by atoms with Crippen LogP contribution < -0.4 is 11.2 Å². The first-order chi connectivity index (χ1) is 13.8. The molecule has 1 unspecified atom stereocenters. The molecule has 1 aromatic rings. The Kier molecular flexibility index (Phi) is 8.29. The average Bonchev–Trinajstić information content (AvgIpc) is 2.88. The summed E-state index contributed by atoms with van der Waals surface area (Å²) in [4.78, 5) is 63.3. The van der Waals surface area contributed by atoms with E-state index in [0.717, 1.165) is 16.8 Å². The number of hydrogen-bond donors (Lipinski definition) is 5. The second kappa shape index (κ2) is 9.94. The van der Waals surface area contributed by atoms with E-state index in [9.17, 15) is 33.5 Å². The molecule has 5 atom stereocenters. The molecule has 0 aromatic carbocycles. The molecule has 18 heteroatoms. The van der Waals surface area contributed by atoms with Crippen LogP contribution in [0.15, 0.2) is 21.9 Å². The SMILES string of the molecule is O=C(CCl)COC[C@H]1O[C@@H](n2ccc(=O)[nH]c2=O)[C@H](O)[C@@H]1OP(=O)(O)OP(=O)(O)O. The molecular weight excluding hydrogens is 478 g/mol. The van der Waals surface area contributed by atoms with Crippen LogP contribution in [0.1, 0.15) is 6.23 Å². The first-order valence-corrected chi connectivity index (χ1v) is 11.5. The number of halogens is 1. The number of phosphoric ester groups is 1. The standard InChI is InChI=1S/C12H17ClN2O13P2/c13-3-6(16)4-25-5-7-10(27-30(23,24)28-29(20,21)22)9(18)11(26-7)15-2-1-8(17)14-12(15)19/h1-2,7,9-11,18H,3-5H2,(H,23,24)(H,14,17,19)(H2,20,21,22)/t7-,9-,10-,11-/m1/s1. The van der Waals surface area contributed by atoms with Gasteiger partial charge in [0.1, 0.15) is 24.9 Å². The molecule has 15 nitrogen and oxygen atoms in total. The van der Waals surface area contributed by atoms with Gasteiger partial charge in [0.2, 0.25) is 0 Å². The molecule has 5 N–H and O–H groups in total. The van der Waals surface area contributed by atoms with Gasteiger partial charge >= 0.3 is 21.3 Å². The number of phosphoric acid groups is 2. The second-order valence-corrected chi connectivity index (χ2v) is 8.92. The van der Waals surface area contributed by atoms with Crippen molar-refractivity contribution in [1.29, 1.82) is 0 Å². The van der Waals surface area contributed by atoms with E-state index in [-0.39, 0.29) is 5.88 Å². The fraction of sp³-hybridized carbons (Fsp3) is 0.583. The summed E-state index contributed by atoms with van der Waals surface area (Å²) < 4.78 is 42.2. The highest BCUT2D eigenvalue weighted by Gasteiger charge is 2.50. The van der Waals surface area contributed by atoms with Crippen LogP contribution in [0.25, 0.3) is 0 Å². The van der Waals surface area contributed by atoms with Gasteiger partial charge in [0.25, 0.3) is 5.56 Å². The van der Waals surface area contributed by atoms with E-state index >= 15 is 0 Å². The molecule has 170 valence electrons. The summed E-state index contributed by atoms with van der Waals surface area (Å²) in [6.45, 7) is -1.000. The van der Waals surface area contributed by atoms with E-state index in [1.165, 1.54) is 0 Å². The molecule has 2 heterocycles. The zero-order valence-corrected chi connectivity index (χ0v) is 17.3. The van der Waals surface area contributed by atoms with Gasteiger partial charge in [0.15, 0.2) is 12.0 Å². The van der Waals surface area contributed by atoms with Crippen LogP contribution in [0.3, 0.4) is 0 Å². The lowest BCUT2D eigenvalue weighted by Gasteiger charge is -2.23. The van der Waals surface area contributed by atoms with Crippen LogP contribution in [0.5, 0.6) is 0 Å². The van der Waals surface area contributed by atoms with Gasteiger partial charge < -0.3 is 29.3 Å². The van der Waals surface area contributed by atoms with E-state index in [1.54, 1.807) is 0 Å². The number of nitrogens with zero attached hydrogens (tertiary/aromatic N) is 1. The van der Waals surface area contributed by atoms with Crippen molar-refractivity contribution in [3.8, 4) is 0 Å². The molecule has 0 saturated carbocycles. The normalized spacial score (nSPS) is 26.4. The Labute approximate surface area is 172 Å². The van der Waals surface area contributed by atoms with Crippen molar-refractivity contribution in [2.75, 3.05) is 19.1 Å². The number of ketones is 1. The number of carbonyl (C=O) groups is 1. The monoisotopic (exact) mass is 494 g/mol. The molecule has 0 spiro atoms. The Balaban J connectivity index is 2.27. The van der Waals surface area contributed by atoms with Gasteiger partial charge in [-0.15, -0.1) is 11.6 Å². The molecule has 30 heavy (non-hydrogen) atoms. The Bertz CT molecular complexity index is 973. The smallest absolute Gasteiger partial charge is 0.386 e. The number of aromatic amines is 1. The number of aliphatic hydroxyl groups excluding tert-OH is 1. The molecule has 1 aliphatic heterocycles. The highest BCUT2D eigenvalue weighted by Crippen LogP contribution is 2.59. The second-order valence-electron chi connectivity index (χ2n) is 5.87. The number of H-pyrrole nitrogens is 1. The van der Waals surface area contributed by atoms with Crippen molar-refractivity contribution in [1.82, 2.24) is 9.55 Å². The Hall–Kier alpha value is -1.22. The molecule has 1 aliphatic rings. The van der Waals surface area contributed by atoms with Crippen LogP contribution in [-0.2, 0) is 32.2 Å². The predicted octanol–water partition coefficient (Wildman–Crippen LogP) is -1.79. The highest BCUT2D eigenvalue weighted by molar-refractivity contribution is 7.60. The van der Waals surface area contributed by atoms with Gasteiger partial charge in [-0.05, 0) is 0 Å². The molecule has 1 saturated heterocycles. The molecule has 0 bridgehead atoms. The van der Waals surface area contributed by atoms with Crippen molar-refractivity contribution in [2.45, 2.75) is 24.5 Å². The highest BCUT2D eigenvalue weighted by atomic mass is 35.5. The lowest BCUT2D eigenvalue weighted by atomic mass is 10.1. The van der Waals surface area contributed by atoms with Gasteiger partial charge in [-0.1, -0.05) is 0 Å². The number of aliphatic hydroxyl groups is 1. The van der Waals surface area contributed by atoms with E-state index in [4.69, 9.17) is 30.9 Å². The van der Waals surface area contributed by atoms with Gasteiger partial charge in [0.05, 0.1) is 12.5 Å². The van der Waals surface area contributed by atoms with E-state index < -0.39 is 70.4 Å². The Morgan fingerprint density at radius 3 is 2.53 bits per heavy atom. The van der Waals surface area contributed by atoms with Crippen LogP contribution in [0, 0.1) is 0 Å². The van der Waals surface area contributed by atoms with Crippen molar-refractivity contribution < 1.29 is 52.0 Å². The quantitative estimate of drug-likeness (QED) is 0.179. The lowest BCUT2D eigenvalue weighted by Crippen LogP contribution is -2.39. The lowest BCUT2D eigenvalue weighted by molar-refractivity contribution is -0.124. The molecule has 1 fully saturated rings. The number of carbonyl (C=O) groups excluding carboxylic acids is 1.